The zero-order chi connectivity index (χ0) is 12.3. The van der Waals surface area contributed by atoms with Gasteiger partial charge in [0.05, 0.1) is 5.69 Å². The smallest absolute Gasteiger partial charge is 0.142 e. The molecule has 0 N–H and O–H groups in total. The summed E-state index contributed by atoms with van der Waals surface area (Å²) >= 11 is 0. The molecule has 0 radical (unpaired) electrons. The second kappa shape index (κ2) is 5.39. The highest BCUT2D eigenvalue weighted by molar-refractivity contribution is 6.34. The van der Waals surface area contributed by atoms with Crippen LogP contribution in [0.5, 0.6) is 0 Å². The largest absolute Gasteiger partial charge is 0.367 e. The van der Waals surface area contributed by atoms with Crippen LogP contribution in [0.25, 0.3) is 6.08 Å². The van der Waals surface area contributed by atoms with Crippen LogP contribution < -0.4 is 4.90 Å². The van der Waals surface area contributed by atoms with E-state index in [2.05, 4.69) is 42.7 Å². The number of nitrogens with zero attached hydrogens (tertiary/aromatic N) is 3. The van der Waals surface area contributed by atoms with Crippen LogP contribution in [-0.2, 0) is 12.7 Å². The molecule has 1 aliphatic carbocycles. The summed E-state index contributed by atoms with van der Waals surface area (Å²) in [6, 6.07) is 0. The summed E-state index contributed by atoms with van der Waals surface area (Å²) in [6.07, 6.45) is 7.32. The molecule has 0 aliphatic heterocycles. The van der Waals surface area contributed by atoms with Crippen LogP contribution in [0.2, 0.25) is 13.6 Å². The van der Waals surface area contributed by atoms with E-state index in [0.29, 0.717) is 0 Å². The van der Waals surface area contributed by atoms with Crippen LogP contribution in [0, 0.1) is 0 Å². The Balaban J connectivity index is 2.37. The van der Waals surface area contributed by atoms with Crippen LogP contribution in [0.1, 0.15) is 17.1 Å². The number of hydrogen-bond acceptors (Lipinski definition) is 3. The Morgan fingerprint density at radius 2 is 2.12 bits per heavy atom. The highest BCUT2D eigenvalue weighted by Gasteiger charge is 2.17. The average molecular weight is 227 g/mol. The molecule has 0 bridgehead atoms. The van der Waals surface area contributed by atoms with Crippen molar-refractivity contribution in [2.45, 2.75) is 26.4 Å². The van der Waals surface area contributed by atoms with Gasteiger partial charge in [0.1, 0.15) is 26.2 Å². The van der Waals surface area contributed by atoms with Gasteiger partial charge in [-0.15, -0.1) is 0 Å². The maximum Gasteiger partial charge on any atom is 0.142 e. The number of fused-ring (bicyclic) bond motifs is 1. The molecule has 0 amide bonds. The lowest BCUT2D eigenvalue weighted by Gasteiger charge is -2.20. The Kier molecular flexibility index (Phi) is 3.87. The summed E-state index contributed by atoms with van der Waals surface area (Å²) in [6.45, 7) is 4.37. The van der Waals surface area contributed by atoms with Crippen molar-refractivity contribution < 1.29 is 0 Å². The molecule has 17 heavy (non-hydrogen) atoms. The molecule has 88 valence electrons. The highest BCUT2D eigenvalue weighted by atomic mass is 15.2. The lowest BCUT2D eigenvalue weighted by atomic mass is 9.78. The molecule has 2 rings (SSSR count). The predicted octanol–water partition coefficient (Wildman–Crippen LogP) is 0.909. The number of anilines is 1. The number of rotatable bonds is 5. The topological polar surface area (TPSA) is 29.0 Å². The third-order valence-corrected chi connectivity index (χ3v) is 3.04. The molecule has 0 fully saturated rings. The number of hydrogen-bond donors (Lipinski definition) is 0. The first-order valence-electron chi connectivity index (χ1n) is 6.53. The van der Waals surface area contributed by atoms with E-state index in [0.717, 1.165) is 45.4 Å². The zero-order valence-electron chi connectivity index (χ0n) is 11.0. The molecule has 1 aromatic rings. The first kappa shape index (κ1) is 12.2. The fourth-order valence-corrected chi connectivity index (χ4v) is 2.23. The Hall–Kier alpha value is -1.25. The number of aromatic nitrogens is 2. The fraction of sp³-hybridized carbons (Fsp3) is 0.500. The molecular weight excluding hydrogens is 208 g/mol. The standard InChI is InChI=1S/C12H19B2N3/c1-13-7-11-15-10-6-4-5-9(10)12(16-11)17(3)8-14-2/h4-5,13-14H,6-8H2,1-3H3. The van der Waals surface area contributed by atoms with Crippen molar-refractivity contribution in [3.05, 3.63) is 23.2 Å². The molecule has 3 nitrogen and oxygen atoms in total. The van der Waals surface area contributed by atoms with E-state index in [9.17, 15) is 0 Å². The molecule has 0 spiro atoms. The van der Waals surface area contributed by atoms with Crippen molar-refractivity contribution >= 4 is 26.5 Å². The van der Waals surface area contributed by atoms with Crippen molar-refractivity contribution in [3.63, 3.8) is 0 Å². The third kappa shape index (κ3) is 2.54. The molecule has 0 saturated carbocycles. The summed E-state index contributed by atoms with van der Waals surface area (Å²) in [5.41, 5.74) is 2.42. The predicted molar refractivity (Wildman–Crippen MR) is 77.8 cm³/mol. The SMILES string of the molecule is CBCc1nc2c(c(N(C)CBC)n1)C=CC2. The second-order valence-electron chi connectivity index (χ2n) is 4.60. The van der Waals surface area contributed by atoms with Gasteiger partial charge in [0.25, 0.3) is 0 Å². The molecular formula is C12H19B2N3. The number of allylic oxidation sites excluding steroid dienone is 1. The Bertz CT molecular complexity index is 432. The summed E-state index contributed by atoms with van der Waals surface area (Å²) in [4.78, 5) is 11.6. The first-order chi connectivity index (χ1) is 8.26. The summed E-state index contributed by atoms with van der Waals surface area (Å²) in [5.74, 6) is 2.10. The second-order valence-corrected chi connectivity index (χ2v) is 4.60. The van der Waals surface area contributed by atoms with Gasteiger partial charge < -0.3 is 4.90 Å². The minimum atomic E-state index is 0.960. The molecule has 5 heteroatoms. The minimum absolute atomic E-state index is 0.960. The van der Waals surface area contributed by atoms with Gasteiger partial charge in [0.15, 0.2) is 0 Å². The summed E-state index contributed by atoms with van der Waals surface area (Å²) in [7, 11) is 4.36. The fourth-order valence-electron chi connectivity index (χ4n) is 2.23. The van der Waals surface area contributed by atoms with Crippen molar-refractivity contribution in [2.75, 3.05) is 18.4 Å². The maximum absolute atomic E-state index is 4.72. The monoisotopic (exact) mass is 227 g/mol. The van der Waals surface area contributed by atoms with Gasteiger partial charge in [0, 0.05) is 19.0 Å². The Morgan fingerprint density at radius 1 is 1.29 bits per heavy atom. The van der Waals surface area contributed by atoms with Gasteiger partial charge >= 0.3 is 0 Å². The normalized spacial score (nSPS) is 12.4. The van der Waals surface area contributed by atoms with Crippen molar-refractivity contribution in [2.24, 2.45) is 0 Å². The Labute approximate surface area is 105 Å². The van der Waals surface area contributed by atoms with Crippen LogP contribution in [-0.4, -0.2) is 38.0 Å². The van der Waals surface area contributed by atoms with Crippen molar-refractivity contribution in [1.29, 1.82) is 0 Å². The van der Waals surface area contributed by atoms with Crippen LogP contribution in [0.4, 0.5) is 5.82 Å². The van der Waals surface area contributed by atoms with E-state index >= 15 is 0 Å². The summed E-state index contributed by atoms with van der Waals surface area (Å²) < 4.78 is 0. The molecule has 0 aromatic carbocycles. The van der Waals surface area contributed by atoms with Gasteiger partial charge in [0.2, 0.25) is 0 Å². The molecule has 0 unspecified atom stereocenters. The van der Waals surface area contributed by atoms with Gasteiger partial charge in [-0.1, -0.05) is 25.8 Å². The zero-order valence-corrected chi connectivity index (χ0v) is 11.0. The van der Waals surface area contributed by atoms with E-state index in [1.807, 2.05) is 0 Å². The van der Waals surface area contributed by atoms with Gasteiger partial charge in [-0.25, -0.2) is 9.97 Å². The van der Waals surface area contributed by atoms with Crippen molar-refractivity contribution in [3.8, 4) is 0 Å². The van der Waals surface area contributed by atoms with Gasteiger partial charge in [-0.05, 0) is 12.8 Å². The van der Waals surface area contributed by atoms with Crippen LogP contribution in [0.15, 0.2) is 6.08 Å². The van der Waals surface area contributed by atoms with E-state index in [1.54, 1.807) is 0 Å². The molecule has 1 heterocycles. The lowest BCUT2D eigenvalue weighted by molar-refractivity contribution is 0.924. The maximum atomic E-state index is 4.72. The van der Waals surface area contributed by atoms with Crippen molar-refractivity contribution in [1.82, 2.24) is 9.97 Å². The third-order valence-electron chi connectivity index (χ3n) is 3.04. The van der Waals surface area contributed by atoms with E-state index in [-0.39, 0.29) is 0 Å². The van der Waals surface area contributed by atoms with E-state index in [1.165, 1.54) is 11.3 Å². The first-order valence-corrected chi connectivity index (χ1v) is 6.53. The Morgan fingerprint density at radius 3 is 2.82 bits per heavy atom. The van der Waals surface area contributed by atoms with Crippen LogP contribution in [0.3, 0.4) is 0 Å². The molecule has 0 saturated heterocycles. The molecule has 1 aromatic heterocycles. The van der Waals surface area contributed by atoms with E-state index in [4.69, 9.17) is 4.98 Å². The van der Waals surface area contributed by atoms with Crippen LogP contribution >= 0.6 is 0 Å². The van der Waals surface area contributed by atoms with E-state index < -0.39 is 0 Å². The minimum Gasteiger partial charge on any atom is -0.367 e. The molecule has 0 atom stereocenters. The highest BCUT2D eigenvalue weighted by Crippen LogP contribution is 2.26. The quantitative estimate of drug-likeness (QED) is 0.700. The van der Waals surface area contributed by atoms with Gasteiger partial charge in [-0.2, -0.15) is 0 Å². The molecule has 1 aliphatic rings. The summed E-state index contributed by atoms with van der Waals surface area (Å²) in [5, 5.41) is 0. The average Bonchev–Trinajstić information content (AvgIpc) is 2.76. The van der Waals surface area contributed by atoms with Gasteiger partial charge in [-0.3, -0.25) is 0 Å². The lowest BCUT2D eigenvalue weighted by Crippen LogP contribution is -2.25.